The lowest BCUT2D eigenvalue weighted by Crippen LogP contribution is -2.51. The van der Waals surface area contributed by atoms with E-state index in [1.165, 1.54) is 37.4 Å². The Morgan fingerprint density at radius 3 is 1.09 bits per heavy atom. The summed E-state index contributed by atoms with van der Waals surface area (Å²) >= 11 is 6.97. The summed E-state index contributed by atoms with van der Waals surface area (Å²) in [5.41, 5.74) is -1.37. The highest BCUT2D eigenvalue weighted by Crippen LogP contribution is 2.33. The molecule has 0 aromatic carbocycles. The molecular weight excluding hydrogens is 805 g/mol. The van der Waals surface area contributed by atoms with Gasteiger partial charge >= 0.3 is 37.6 Å². The average molecular weight is 877 g/mol. The van der Waals surface area contributed by atoms with Gasteiger partial charge in [-0.05, 0) is 89.5 Å². The van der Waals surface area contributed by atoms with Gasteiger partial charge in [-0.3, -0.25) is 19.2 Å². The van der Waals surface area contributed by atoms with Crippen molar-refractivity contribution in [3.63, 3.8) is 0 Å². The van der Waals surface area contributed by atoms with Gasteiger partial charge in [0.05, 0.1) is 0 Å². The van der Waals surface area contributed by atoms with E-state index in [-0.39, 0.29) is 55.8 Å². The Morgan fingerprint density at radius 2 is 0.833 bits per heavy atom. The fraction of sp³-hybridized carbons (Fsp3) is 0.889. The van der Waals surface area contributed by atoms with Gasteiger partial charge in [-0.2, -0.15) is 12.6 Å². The third-order valence-corrected chi connectivity index (χ3v) is 20.0. The number of hydrogen-bond donors (Lipinski definition) is 1. The molecule has 0 saturated heterocycles. The average Bonchev–Trinajstić information content (AvgIpc) is 3.11. The maximum atomic E-state index is 12.1. The zero-order chi connectivity index (χ0) is 41.3. The Kier molecular flexibility index (Phi) is 28.1. The van der Waals surface area contributed by atoms with Crippen LogP contribution in [0, 0.1) is 10.8 Å². The van der Waals surface area contributed by atoms with Crippen LogP contribution in [-0.4, -0.2) is 118 Å². The first-order valence-corrected chi connectivity index (χ1v) is 29.5. The molecular formula is C36H72O12S3Si3. The van der Waals surface area contributed by atoms with Gasteiger partial charge in [-0.25, -0.2) is 0 Å². The normalized spacial score (nSPS) is 17.3. The lowest BCUT2D eigenvalue weighted by atomic mass is 9.88. The van der Waals surface area contributed by atoms with E-state index in [0.29, 0.717) is 56.1 Å². The highest BCUT2D eigenvalue weighted by Gasteiger charge is 2.44. The van der Waals surface area contributed by atoms with Crippen LogP contribution < -0.4 is 0 Å². The Morgan fingerprint density at radius 1 is 0.519 bits per heavy atom. The summed E-state index contributed by atoms with van der Waals surface area (Å²) in [7, 11) is -8.24. The van der Waals surface area contributed by atoms with Crippen LogP contribution in [0.15, 0.2) is 0 Å². The van der Waals surface area contributed by atoms with E-state index in [2.05, 4.69) is 19.2 Å². The summed E-state index contributed by atoms with van der Waals surface area (Å²) < 4.78 is 50.7. The van der Waals surface area contributed by atoms with E-state index in [0.717, 1.165) is 24.6 Å². The minimum Gasteiger partial charge on any atom is -0.465 e. The Labute approximate surface area is 343 Å². The number of ether oxygens (including phenoxy) is 2. The zero-order valence-corrected chi connectivity index (χ0v) is 40.6. The molecule has 0 aromatic rings. The largest absolute Gasteiger partial charge is 0.465 e. The number of thiol groups is 1. The van der Waals surface area contributed by atoms with E-state index < -0.39 is 42.5 Å². The molecule has 0 rings (SSSR count). The summed E-state index contributed by atoms with van der Waals surface area (Å²) in [4.78, 5) is 47.4. The van der Waals surface area contributed by atoms with Gasteiger partial charge in [0, 0.05) is 89.7 Å². The second-order valence-electron chi connectivity index (χ2n) is 14.4. The molecule has 0 bridgehead atoms. The fourth-order valence-corrected chi connectivity index (χ4v) is 14.7. The summed E-state index contributed by atoms with van der Waals surface area (Å²) in [6, 6.07) is 2.10. The molecule has 0 spiro atoms. The SMILES string of the molecule is CCO[Si](C)(CCCS)OCC(CC)(COC(C)=O)CO[Si](C)(CCCSC(C)=O)OCC(CC)(COC(C)=O)CO[Si](C)(CCCSC(C)=O)OCC. The molecule has 0 aromatic heterocycles. The molecule has 0 amide bonds. The van der Waals surface area contributed by atoms with Gasteiger partial charge in [0.25, 0.3) is 0 Å². The van der Waals surface area contributed by atoms with Crippen LogP contribution in [0.5, 0.6) is 0 Å². The summed E-state index contributed by atoms with van der Waals surface area (Å²) in [5, 5.41) is 0.131. The molecule has 0 radical (unpaired) electrons. The third kappa shape index (κ3) is 23.8. The van der Waals surface area contributed by atoms with Crippen molar-refractivity contribution in [3.8, 4) is 0 Å². The lowest BCUT2D eigenvalue weighted by Gasteiger charge is -2.41. The second-order valence-corrected chi connectivity index (χ2v) is 27.4. The second kappa shape index (κ2) is 28.2. The Balaban J connectivity index is 6.50. The van der Waals surface area contributed by atoms with Gasteiger partial charge in [0.2, 0.25) is 0 Å². The molecule has 0 aliphatic carbocycles. The highest BCUT2D eigenvalue weighted by molar-refractivity contribution is 8.13. The minimum absolute atomic E-state index is 0.0492. The van der Waals surface area contributed by atoms with Gasteiger partial charge < -0.3 is 36.0 Å². The van der Waals surface area contributed by atoms with E-state index in [4.69, 9.17) is 36.0 Å². The number of thioether (sulfide) groups is 2. The van der Waals surface area contributed by atoms with Crippen LogP contribution in [0.4, 0.5) is 0 Å². The number of esters is 2. The lowest BCUT2D eigenvalue weighted by molar-refractivity contribution is -0.147. The molecule has 0 saturated carbocycles. The van der Waals surface area contributed by atoms with Gasteiger partial charge in [-0.15, -0.1) is 0 Å². The molecule has 5 atom stereocenters. The molecule has 54 heavy (non-hydrogen) atoms. The Hall–Kier alpha value is -0.259. The summed E-state index contributed by atoms with van der Waals surface area (Å²) in [6.45, 7) is 22.1. The molecule has 0 N–H and O–H groups in total. The van der Waals surface area contributed by atoms with Crippen LogP contribution in [0.25, 0.3) is 0 Å². The smallest absolute Gasteiger partial charge is 0.335 e. The predicted molar refractivity (Wildman–Crippen MR) is 229 cm³/mol. The maximum absolute atomic E-state index is 12.1. The van der Waals surface area contributed by atoms with Crippen molar-refractivity contribution >= 4 is 84.0 Å². The quantitative estimate of drug-likeness (QED) is 0.0295. The number of rotatable bonds is 33. The highest BCUT2D eigenvalue weighted by atomic mass is 32.2. The maximum Gasteiger partial charge on any atom is 0.335 e. The van der Waals surface area contributed by atoms with Crippen molar-refractivity contribution in [1.29, 1.82) is 0 Å². The fourth-order valence-electron chi connectivity index (χ4n) is 5.38. The first-order chi connectivity index (χ1) is 25.3. The van der Waals surface area contributed by atoms with Crippen molar-refractivity contribution in [3.05, 3.63) is 0 Å². The van der Waals surface area contributed by atoms with E-state index in [1.54, 1.807) is 13.8 Å². The van der Waals surface area contributed by atoms with Crippen LogP contribution >= 0.6 is 36.2 Å². The molecule has 0 aliphatic rings. The van der Waals surface area contributed by atoms with E-state index >= 15 is 0 Å². The first-order valence-electron chi connectivity index (χ1n) is 19.3. The molecule has 0 heterocycles. The van der Waals surface area contributed by atoms with Crippen LogP contribution in [0.3, 0.4) is 0 Å². The number of carbonyl (C=O) groups is 4. The topological polar surface area (TPSA) is 142 Å². The van der Waals surface area contributed by atoms with Crippen molar-refractivity contribution in [1.82, 2.24) is 0 Å². The van der Waals surface area contributed by atoms with E-state index in [9.17, 15) is 19.2 Å². The van der Waals surface area contributed by atoms with Crippen LogP contribution in [-0.2, 0) is 55.2 Å². The predicted octanol–water partition coefficient (Wildman–Crippen LogP) is 7.92. The summed E-state index contributed by atoms with van der Waals surface area (Å²) in [5.74, 6) is 1.26. The molecule has 0 aliphatic heterocycles. The minimum atomic E-state index is -3.03. The van der Waals surface area contributed by atoms with Gasteiger partial charge in [-0.1, -0.05) is 37.4 Å². The third-order valence-electron chi connectivity index (χ3n) is 9.25. The van der Waals surface area contributed by atoms with Crippen molar-refractivity contribution in [2.75, 3.05) is 70.1 Å². The monoisotopic (exact) mass is 876 g/mol. The van der Waals surface area contributed by atoms with Crippen molar-refractivity contribution in [2.24, 2.45) is 10.8 Å². The number of carbonyl (C=O) groups excluding carboxylic acids is 4. The van der Waals surface area contributed by atoms with Crippen LogP contribution in [0.2, 0.25) is 37.8 Å². The molecule has 12 nitrogen and oxygen atoms in total. The zero-order valence-electron chi connectivity index (χ0n) is 35.1. The van der Waals surface area contributed by atoms with Gasteiger partial charge in [0.1, 0.15) is 13.2 Å². The molecule has 5 unspecified atom stereocenters. The summed E-state index contributed by atoms with van der Waals surface area (Å²) in [6.07, 6.45) is 3.54. The van der Waals surface area contributed by atoms with Crippen molar-refractivity contribution < 1.29 is 55.2 Å². The first kappa shape index (κ1) is 53.7. The van der Waals surface area contributed by atoms with Gasteiger partial charge in [0.15, 0.2) is 10.2 Å². The number of hydrogen-bond acceptors (Lipinski definition) is 15. The Bertz CT molecular complexity index is 1110. The van der Waals surface area contributed by atoms with Crippen molar-refractivity contribution in [2.45, 2.75) is 125 Å². The standard InChI is InChI=1S/C36H72O12S3Si3/c1-12-35(25-41-31(5)37,27-45-52(9,43-14-3)22-16-19-49)29-47-54(11,24-18-21-51-34(8)40)48-30-36(13-2,26-42-32(6)38)28-46-53(10,44-15-4)23-17-20-50-33(7)39/h49H,12-30H2,1-11H3. The molecule has 318 valence electrons. The van der Waals surface area contributed by atoms with Crippen LogP contribution in [0.1, 0.15) is 87.5 Å². The molecule has 18 heteroatoms. The molecule has 0 fully saturated rings. The van der Waals surface area contributed by atoms with E-state index in [1.807, 2.05) is 40.8 Å².